The summed E-state index contributed by atoms with van der Waals surface area (Å²) in [6.07, 6.45) is 5.02. The van der Waals surface area contributed by atoms with Crippen LogP contribution in [0.15, 0.2) is 30.0 Å². The molecule has 0 saturated carbocycles. The van der Waals surface area contributed by atoms with E-state index in [2.05, 4.69) is 71.6 Å². The zero-order valence-corrected chi connectivity index (χ0v) is 19.4. The van der Waals surface area contributed by atoms with Gasteiger partial charge < -0.3 is 5.32 Å². The van der Waals surface area contributed by atoms with Crippen LogP contribution in [0, 0.1) is 18.3 Å². The summed E-state index contributed by atoms with van der Waals surface area (Å²) in [5.41, 5.74) is 7.45. The summed E-state index contributed by atoms with van der Waals surface area (Å²) in [4.78, 5) is 21.7. The molecular weight excluding hydrogens is 461 g/mol. The van der Waals surface area contributed by atoms with E-state index >= 15 is 0 Å². The Hall–Kier alpha value is -1.76. The van der Waals surface area contributed by atoms with Gasteiger partial charge in [-0.1, -0.05) is 68.0 Å². The molecule has 28 heavy (non-hydrogen) atoms. The first-order valence-electron chi connectivity index (χ1n) is 9.69. The summed E-state index contributed by atoms with van der Waals surface area (Å²) in [6, 6.07) is 5.90. The van der Waals surface area contributed by atoms with E-state index in [1.54, 1.807) is 0 Å². The van der Waals surface area contributed by atoms with Crippen LogP contribution in [-0.2, 0) is 17.4 Å². The number of aromatic nitrogens is 2. The van der Waals surface area contributed by atoms with Crippen LogP contribution < -0.4 is 5.32 Å². The highest BCUT2D eigenvalue weighted by atomic mass is 127. The van der Waals surface area contributed by atoms with Crippen LogP contribution in [0.3, 0.4) is 0 Å². The zero-order chi connectivity index (χ0) is 20.5. The van der Waals surface area contributed by atoms with E-state index in [9.17, 15) is 4.79 Å². The number of pyridine rings is 2. The van der Waals surface area contributed by atoms with E-state index in [1.807, 2.05) is 31.3 Å². The lowest BCUT2D eigenvalue weighted by molar-refractivity contribution is 0.0945. The van der Waals surface area contributed by atoms with Gasteiger partial charge in [-0.2, -0.15) is 0 Å². The number of aryl methyl sites for hydroxylation is 1. The molecule has 2 heterocycles. The zero-order valence-electron chi connectivity index (χ0n) is 17.3. The minimum absolute atomic E-state index is 0.130. The number of amides is 1. The standard InChI is InChI=1S/C23H28IN3O/c1-14-8-21-16(10-19(14)23(3,4)5)6-7-20(27-21)22(28)26-12-17-9-15(2)25-13-18(17)11-24/h6-7,9-10,13-14H,8,11-12H2,1-5H3,(H,26,28). The molecule has 0 radical (unpaired) electrons. The summed E-state index contributed by atoms with van der Waals surface area (Å²) in [7, 11) is 0. The third kappa shape index (κ3) is 4.62. The van der Waals surface area contributed by atoms with Crippen LogP contribution in [0.5, 0.6) is 0 Å². The summed E-state index contributed by atoms with van der Waals surface area (Å²) in [6.45, 7) is 11.4. The van der Waals surface area contributed by atoms with E-state index < -0.39 is 0 Å². The van der Waals surface area contributed by atoms with Gasteiger partial charge in [0.25, 0.3) is 5.91 Å². The molecule has 1 atom stereocenters. The molecular formula is C23H28IN3O. The van der Waals surface area contributed by atoms with Gasteiger partial charge in [-0.25, -0.2) is 4.98 Å². The maximum Gasteiger partial charge on any atom is 0.270 e. The summed E-state index contributed by atoms with van der Waals surface area (Å²) < 4.78 is 0.869. The molecule has 1 aliphatic rings. The number of hydrogen-bond donors (Lipinski definition) is 1. The Labute approximate surface area is 181 Å². The van der Waals surface area contributed by atoms with Gasteiger partial charge in [0.1, 0.15) is 5.69 Å². The third-order valence-electron chi connectivity index (χ3n) is 5.25. The Morgan fingerprint density at radius 3 is 2.71 bits per heavy atom. The minimum atomic E-state index is -0.130. The SMILES string of the molecule is Cc1cc(CNC(=O)c2ccc3c(n2)CC(C)C(C(C)(C)C)=C3)c(CI)cn1. The number of halogens is 1. The molecule has 0 aromatic carbocycles. The molecule has 4 nitrogen and oxygen atoms in total. The number of alkyl halides is 1. The number of rotatable bonds is 4. The van der Waals surface area contributed by atoms with E-state index in [0.717, 1.165) is 38.9 Å². The van der Waals surface area contributed by atoms with Gasteiger partial charge in [0.2, 0.25) is 0 Å². The fourth-order valence-corrected chi connectivity index (χ4v) is 4.48. The van der Waals surface area contributed by atoms with Gasteiger partial charge in [-0.05, 0) is 53.5 Å². The van der Waals surface area contributed by atoms with Crippen molar-refractivity contribution >= 4 is 34.6 Å². The minimum Gasteiger partial charge on any atom is -0.347 e. The number of carbonyl (C=O) groups excluding carboxylic acids is 1. The average Bonchev–Trinajstić information content (AvgIpc) is 2.64. The molecule has 3 rings (SSSR count). The van der Waals surface area contributed by atoms with Crippen LogP contribution in [0.25, 0.3) is 6.08 Å². The Balaban J connectivity index is 1.77. The highest BCUT2D eigenvalue weighted by Gasteiger charge is 2.27. The van der Waals surface area contributed by atoms with Crippen LogP contribution in [0.4, 0.5) is 0 Å². The molecule has 2 aromatic heterocycles. The number of carbonyl (C=O) groups is 1. The Morgan fingerprint density at radius 1 is 1.29 bits per heavy atom. The fraction of sp³-hybridized carbons (Fsp3) is 0.435. The van der Waals surface area contributed by atoms with Crippen molar-refractivity contribution in [2.75, 3.05) is 0 Å². The molecule has 0 bridgehead atoms. The van der Waals surface area contributed by atoms with Gasteiger partial charge in [0.05, 0.1) is 0 Å². The van der Waals surface area contributed by atoms with Crippen LogP contribution in [0.2, 0.25) is 0 Å². The molecule has 148 valence electrons. The normalized spacial score (nSPS) is 16.4. The Kier molecular flexibility index (Phi) is 6.22. The van der Waals surface area contributed by atoms with Crippen molar-refractivity contribution in [1.82, 2.24) is 15.3 Å². The molecule has 0 aliphatic heterocycles. The highest BCUT2D eigenvalue weighted by Crippen LogP contribution is 2.38. The predicted octanol–water partition coefficient (Wildman–Crippen LogP) is 5.27. The number of nitrogens with zero attached hydrogens (tertiary/aromatic N) is 2. The summed E-state index contributed by atoms with van der Waals surface area (Å²) >= 11 is 2.32. The van der Waals surface area contributed by atoms with Crippen molar-refractivity contribution in [3.8, 4) is 0 Å². The van der Waals surface area contributed by atoms with Crippen molar-refractivity contribution in [3.05, 3.63) is 63.7 Å². The van der Waals surface area contributed by atoms with Gasteiger partial charge in [0.15, 0.2) is 0 Å². The second-order valence-corrected chi connectivity index (χ2v) is 9.36. The Bertz CT molecular complexity index is 928. The second-order valence-electron chi connectivity index (χ2n) is 8.60. The molecule has 1 N–H and O–H groups in total. The van der Waals surface area contributed by atoms with Crippen molar-refractivity contribution in [2.45, 2.75) is 52.0 Å². The maximum atomic E-state index is 12.7. The number of allylic oxidation sites excluding steroid dienone is 1. The number of fused-ring (bicyclic) bond motifs is 1. The number of nitrogens with one attached hydrogen (secondary N) is 1. The average molecular weight is 489 g/mol. The van der Waals surface area contributed by atoms with Crippen LogP contribution in [0.1, 0.15) is 66.3 Å². The summed E-state index contributed by atoms with van der Waals surface area (Å²) in [5.74, 6) is 0.305. The largest absolute Gasteiger partial charge is 0.347 e. The molecule has 5 heteroatoms. The first-order valence-corrected chi connectivity index (χ1v) is 11.2. The van der Waals surface area contributed by atoms with Gasteiger partial charge in [0, 0.05) is 28.6 Å². The molecule has 0 saturated heterocycles. The predicted molar refractivity (Wildman–Crippen MR) is 122 cm³/mol. The first-order chi connectivity index (χ1) is 13.2. The lowest BCUT2D eigenvalue weighted by Crippen LogP contribution is -2.26. The molecule has 1 aliphatic carbocycles. The van der Waals surface area contributed by atoms with E-state index in [0.29, 0.717) is 18.2 Å². The highest BCUT2D eigenvalue weighted by molar-refractivity contribution is 14.1. The third-order valence-corrected chi connectivity index (χ3v) is 6.07. The van der Waals surface area contributed by atoms with Crippen molar-refractivity contribution < 1.29 is 4.79 Å². The molecule has 0 spiro atoms. The first kappa shape index (κ1) is 21.0. The van der Waals surface area contributed by atoms with Gasteiger partial charge >= 0.3 is 0 Å². The Morgan fingerprint density at radius 2 is 2.04 bits per heavy atom. The molecule has 0 fully saturated rings. The van der Waals surface area contributed by atoms with Crippen molar-refractivity contribution in [2.24, 2.45) is 11.3 Å². The van der Waals surface area contributed by atoms with E-state index in [1.165, 1.54) is 5.57 Å². The summed E-state index contributed by atoms with van der Waals surface area (Å²) in [5, 5.41) is 3.02. The lowest BCUT2D eigenvalue weighted by Gasteiger charge is -2.32. The quantitative estimate of drug-likeness (QED) is 0.470. The van der Waals surface area contributed by atoms with E-state index in [-0.39, 0.29) is 11.3 Å². The van der Waals surface area contributed by atoms with Gasteiger partial charge in [-0.15, -0.1) is 0 Å². The second kappa shape index (κ2) is 8.31. The lowest BCUT2D eigenvalue weighted by atomic mass is 9.74. The molecule has 1 unspecified atom stereocenters. The van der Waals surface area contributed by atoms with Crippen molar-refractivity contribution in [1.29, 1.82) is 0 Å². The van der Waals surface area contributed by atoms with E-state index in [4.69, 9.17) is 0 Å². The molecule has 2 aromatic rings. The van der Waals surface area contributed by atoms with Crippen molar-refractivity contribution in [3.63, 3.8) is 0 Å². The number of hydrogen-bond acceptors (Lipinski definition) is 3. The maximum absolute atomic E-state index is 12.7. The van der Waals surface area contributed by atoms with Crippen LogP contribution in [-0.4, -0.2) is 15.9 Å². The molecule has 1 amide bonds. The van der Waals surface area contributed by atoms with Crippen LogP contribution >= 0.6 is 22.6 Å². The van der Waals surface area contributed by atoms with Gasteiger partial charge in [-0.3, -0.25) is 9.78 Å². The fourth-order valence-electron chi connectivity index (χ4n) is 3.79. The smallest absolute Gasteiger partial charge is 0.270 e. The monoisotopic (exact) mass is 489 g/mol. The topological polar surface area (TPSA) is 54.9 Å².